The lowest BCUT2D eigenvalue weighted by molar-refractivity contribution is 0.409. The van der Waals surface area contributed by atoms with Gasteiger partial charge in [0.25, 0.3) is 0 Å². The average Bonchev–Trinajstić information content (AvgIpc) is 3.57. The van der Waals surface area contributed by atoms with Crippen molar-refractivity contribution in [3.05, 3.63) is 83.9 Å². The summed E-state index contributed by atoms with van der Waals surface area (Å²) in [6, 6.07) is 24.2. The second-order valence-corrected chi connectivity index (χ2v) is 12.8. The van der Waals surface area contributed by atoms with Crippen molar-refractivity contribution in [1.29, 1.82) is 0 Å². The molecule has 4 atom stereocenters. The number of fused-ring (bicyclic) bond motifs is 2. The quantitative estimate of drug-likeness (QED) is 0.284. The monoisotopic (exact) mass is 532 g/mol. The molecule has 202 valence electrons. The van der Waals surface area contributed by atoms with Crippen molar-refractivity contribution in [1.82, 2.24) is 10.6 Å². The van der Waals surface area contributed by atoms with Crippen LogP contribution in [0.15, 0.2) is 77.7 Å². The van der Waals surface area contributed by atoms with Crippen LogP contribution in [-0.4, -0.2) is 38.9 Å². The van der Waals surface area contributed by atoms with Gasteiger partial charge in [-0.1, -0.05) is 80.8 Å². The topological polar surface area (TPSA) is 67.4 Å². The summed E-state index contributed by atoms with van der Waals surface area (Å²) in [6.45, 7) is 2.84. The minimum Gasteiger partial charge on any atom is -0.496 e. The molecule has 0 aromatic heterocycles. The molecule has 2 fully saturated rings. The Balaban J connectivity index is 1.26. The fourth-order valence-electron chi connectivity index (χ4n) is 6.17. The van der Waals surface area contributed by atoms with Gasteiger partial charge in [-0.05, 0) is 60.6 Å². The zero-order valence-electron chi connectivity index (χ0n) is 22.5. The average molecular weight is 533 g/mol. The van der Waals surface area contributed by atoms with E-state index in [4.69, 9.17) is 4.74 Å². The predicted molar refractivity (Wildman–Crippen MR) is 154 cm³/mol. The van der Waals surface area contributed by atoms with E-state index >= 15 is 0 Å². The van der Waals surface area contributed by atoms with Crippen molar-refractivity contribution in [3.63, 3.8) is 0 Å². The Morgan fingerprint density at radius 1 is 0.868 bits per heavy atom. The molecule has 2 aliphatic rings. The smallest absolute Gasteiger partial charge is 0.184 e. The number of sulfone groups is 1. The minimum atomic E-state index is -3.46. The normalized spacial score (nSPS) is 22.6. The highest BCUT2D eigenvalue weighted by Gasteiger charge is 2.53. The zero-order chi connectivity index (χ0) is 26.5. The van der Waals surface area contributed by atoms with Gasteiger partial charge in [0.1, 0.15) is 5.75 Å². The molecule has 0 radical (unpaired) electrons. The van der Waals surface area contributed by atoms with Crippen LogP contribution in [0.1, 0.15) is 56.6 Å². The van der Waals surface area contributed by atoms with Gasteiger partial charge < -0.3 is 15.4 Å². The maximum Gasteiger partial charge on any atom is 0.184 e. The molecule has 38 heavy (non-hydrogen) atoms. The van der Waals surface area contributed by atoms with Gasteiger partial charge in [-0.25, -0.2) is 8.42 Å². The number of ether oxygens (including phenoxy) is 1. The van der Waals surface area contributed by atoms with E-state index in [9.17, 15) is 8.42 Å². The van der Waals surface area contributed by atoms with E-state index in [1.165, 1.54) is 24.8 Å². The molecule has 0 aliphatic carbocycles. The number of rotatable bonds is 12. The van der Waals surface area contributed by atoms with Gasteiger partial charge in [0.05, 0.1) is 17.3 Å². The maximum absolute atomic E-state index is 13.8. The number of benzene rings is 3. The van der Waals surface area contributed by atoms with Crippen LogP contribution < -0.4 is 15.4 Å². The Morgan fingerprint density at radius 3 is 2.32 bits per heavy atom. The molecule has 2 heterocycles. The van der Waals surface area contributed by atoms with E-state index in [1.807, 2.05) is 42.5 Å². The molecule has 3 aromatic rings. The van der Waals surface area contributed by atoms with E-state index in [0.717, 1.165) is 48.1 Å². The van der Waals surface area contributed by atoms with E-state index in [0.29, 0.717) is 11.4 Å². The van der Waals surface area contributed by atoms with Gasteiger partial charge in [0, 0.05) is 30.2 Å². The molecule has 2 bridgehead atoms. The highest BCUT2D eigenvalue weighted by Crippen LogP contribution is 2.36. The fourth-order valence-corrected chi connectivity index (χ4v) is 8.32. The Kier molecular flexibility index (Phi) is 8.51. The summed E-state index contributed by atoms with van der Waals surface area (Å²) in [6.07, 6.45) is 7.79. The first-order valence-corrected chi connectivity index (χ1v) is 15.6. The van der Waals surface area contributed by atoms with Crippen LogP contribution in [-0.2, 0) is 22.8 Å². The molecule has 3 aromatic carbocycles. The van der Waals surface area contributed by atoms with Gasteiger partial charge >= 0.3 is 0 Å². The SMILES string of the molecule is CCCCCCc1ccc(S(=O)(=O)[C@H]2[C@H](NCc3ccc(-c4ccccc4OC)cc3)[C@H]3CC[C@@H]2N3)cc1. The van der Waals surface area contributed by atoms with Gasteiger partial charge in [-0.2, -0.15) is 0 Å². The second-order valence-electron chi connectivity index (χ2n) is 10.7. The van der Waals surface area contributed by atoms with Crippen molar-refractivity contribution in [2.75, 3.05) is 7.11 Å². The van der Waals surface area contributed by atoms with E-state index in [2.05, 4.69) is 47.9 Å². The summed E-state index contributed by atoms with van der Waals surface area (Å²) >= 11 is 0. The molecule has 5 nitrogen and oxygen atoms in total. The van der Waals surface area contributed by atoms with Gasteiger partial charge in [0.15, 0.2) is 9.84 Å². The lowest BCUT2D eigenvalue weighted by atomic mass is 9.94. The summed E-state index contributed by atoms with van der Waals surface area (Å²) in [7, 11) is -1.77. The molecular weight excluding hydrogens is 492 g/mol. The largest absolute Gasteiger partial charge is 0.496 e. The lowest BCUT2D eigenvalue weighted by Gasteiger charge is -2.30. The Morgan fingerprint density at radius 2 is 1.58 bits per heavy atom. The lowest BCUT2D eigenvalue weighted by Crippen LogP contribution is -2.50. The Labute approximate surface area is 227 Å². The molecular formula is C32H40N2O3S. The number of methoxy groups -OCH3 is 1. The van der Waals surface area contributed by atoms with Gasteiger partial charge in [0.2, 0.25) is 0 Å². The third-order valence-electron chi connectivity index (χ3n) is 8.24. The molecule has 6 heteroatoms. The van der Waals surface area contributed by atoms with Crippen LogP contribution in [0.5, 0.6) is 5.75 Å². The number of hydrogen-bond acceptors (Lipinski definition) is 5. The molecule has 2 aliphatic heterocycles. The first kappa shape index (κ1) is 26.9. The van der Waals surface area contributed by atoms with Crippen LogP contribution in [0.4, 0.5) is 0 Å². The first-order chi connectivity index (χ1) is 18.5. The Hall–Kier alpha value is -2.67. The van der Waals surface area contributed by atoms with Crippen LogP contribution in [0.2, 0.25) is 0 Å². The molecule has 2 N–H and O–H groups in total. The highest BCUT2D eigenvalue weighted by atomic mass is 32.2. The number of para-hydroxylation sites is 1. The number of aryl methyl sites for hydroxylation is 1. The van der Waals surface area contributed by atoms with Crippen molar-refractivity contribution >= 4 is 9.84 Å². The van der Waals surface area contributed by atoms with E-state index in [-0.39, 0.29) is 18.1 Å². The third kappa shape index (κ3) is 5.68. The fraction of sp³-hybridized carbons (Fsp3) is 0.438. The predicted octanol–water partition coefficient (Wildman–Crippen LogP) is 5.92. The maximum atomic E-state index is 13.8. The van der Waals surface area contributed by atoms with Gasteiger partial charge in [-0.3, -0.25) is 0 Å². The minimum absolute atomic E-state index is 0.00384. The molecule has 0 spiro atoms. The summed E-state index contributed by atoms with van der Waals surface area (Å²) in [5.74, 6) is 0.851. The van der Waals surface area contributed by atoms with Crippen molar-refractivity contribution in [2.45, 2.75) is 86.7 Å². The number of unbranched alkanes of at least 4 members (excludes halogenated alkanes) is 3. The summed E-state index contributed by atoms with van der Waals surface area (Å²) in [5, 5.41) is 6.75. The molecule has 0 amide bonds. The Bertz CT molecular complexity index is 1310. The van der Waals surface area contributed by atoms with Gasteiger partial charge in [-0.15, -0.1) is 0 Å². The standard InChI is InChI=1S/C32H40N2O3S/c1-3-4-5-6-9-23-14-18-26(19-15-23)38(35,36)32-29-21-20-28(34-29)31(32)33-22-24-12-16-25(17-13-24)27-10-7-8-11-30(27)37-2/h7-8,10-19,28-29,31-34H,3-6,9,20-22H2,1-2H3/t28-,29+,31-,32-/m1/s1. The van der Waals surface area contributed by atoms with Crippen LogP contribution in [0.25, 0.3) is 11.1 Å². The summed E-state index contributed by atoms with van der Waals surface area (Å²) < 4.78 is 33.2. The van der Waals surface area contributed by atoms with E-state index in [1.54, 1.807) is 7.11 Å². The van der Waals surface area contributed by atoms with Crippen molar-refractivity contribution < 1.29 is 13.2 Å². The van der Waals surface area contributed by atoms with E-state index < -0.39 is 15.1 Å². The van der Waals surface area contributed by atoms with Crippen LogP contribution >= 0.6 is 0 Å². The van der Waals surface area contributed by atoms with Crippen LogP contribution in [0.3, 0.4) is 0 Å². The number of hydrogen-bond donors (Lipinski definition) is 2. The molecule has 2 saturated heterocycles. The third-order valence-corrected chi connectivity index (χ3v) is 10.5. The molecule has 5 rings (SSSR count). The first-order valence-electron chi connectivity index (χ1n) is 14.1. The highest BCUT2D eigenvalue weighted by molar-refractivity contribution is 7.92. The van der Waals surface area contributed by atoms with Crippen LogP contribution in [0, 0.1) is 0 Å². The molecule has 0 unspecified atom stereocenters. The summed E-state index contributed by atoms with van der Waals surface area (Å²) in [5.41, 5.74) is 4.51. The number of nitrogens with one attached hydrogen (secondary N) is 2. The zero-order valence-corrected chi connectivity index (χ0v) is 23.3. The second kappa shape index (κ2) is 12.0. The summed E-state index contributed by atoms with van der Waals surface area (Å²) in [4.78, 5) is 0.446. The van der Waals surface area contributed by atoms with Crippen molar-refractivity contribution in [3.8, 4) is 16.9 Å². The van der Waals surface area contributed by atoms with Crippen molar-refractivity contribution in [2.24, 2.45) is 0 Å². The molecule has 0 saturated carbocycles.